The van der Waals surface area contributed by atoms with E-state index in [-0.39, 0.29) is 5.60 Å². The van der Waals surface area contributed by atoms with Gasteiger partial charge in [-0.25, -0.2) is 0 Å². The summed E-state index contributed by atoms with van der Waals surface area (Å²) in [6.45, 7) is 3.23. The van der Waals surface area contributed by atoms with E-state index >= 15 is 0 Å². The first-order valence-corrected chi connectivity index (χ1v) is 8.59. The maximum Gasteiger partial charge on any atom is 0.0697 e. The Kier molecular flexibility index (Phi) is 4.25. The molecule has 2 heterocycles. The molecular formula is C16H25NOS. The molecule has 2 fully saturated rings. The summed E-state index contributed by atoms with van der Waals surface area (Å²) >= 11 is 1.85. The molecule has 1 aromatic heterocycles. The van der Waals surface area contributed by atoms with Gasteiger partial charge in [-0.2, -0.15) is 0 Å². The van der Waals surface area contributed by atoms with Crippen molar-refractivity contribution in [3.05, 3.63) is 22.4 Å². The van der Waals surface area contributed by atoms with Crippen LogP contribution in [0.5, 0.6) is 0 Å². The number of rotatable bonds is 3. The van der Waals surface area contributed by atoms with E-state index in [9.17, 15) is 0 Å². The van der Waals surface area contributed by atoms with Crippen LogP contribution in [0.25, 0.3) is 0 Å². The van der Waals surface area contributed by atoms with E-state index in [1.54, 1.807) is 0 Å². The lowest BCUT2D eigenvalue weighted by molar-refractivity contribution is -0.109. The number of ether oxygens (including phenoxy) is 1. The topological polar surface area (TPSA) is 21.3 Å². The Labute approximate surface area is 120 Å². The Morgan fingerprint density at radius 3 is 2.95 bits per heavy atom. The van der Waals surface area contributed by atoms with Crippen molar-refractivity contribution in [1.82, 2.24) is 5.32 Å². The van der Waals surface area contributed by atoms with Gasteiger partial charge in [-0.1, -0.05) is 25.3 Å². The monoisotopic (exact) mass is 279 g/mol. The van der Waals surface area contributed by atoms with Crippen molar-refractivity contribution < 1.29 is 4.74 Å². The normalized spacial score (nSPS) is 28.4. The standard InChI is InChI=1S/C16H25NOS/c1-13(15-6-5-11-19-15)17-14-7-10-18-16(12-14)8-3-2-4-9-16/h5-6,11,13-14,17H,2-4,7-10,12H2,1H3/t13-,14?/m1/s1. The second kappa shape index (κ2) is 5.94. The van der Waals surface area contributed by atoms with Crippen LogP contribution < -0.4 is 5.32 Å². The maximum atomic E-state index is 6.17. The number of thiophene rings is 1. The zero-order valence-corrected chi connectivity index (χ0v) is 12.7. The number of hydrogen-bond donors (Lipinski definition) is 1. The summed E-state index contributed by atoms with van der Waals surface area (Å²) in [5, 5.41) is 5.99. The van der Waals surface area contributed by atoms with Gasteiger partial charge in [-0.15, -0.1) is 11.3 Å². The van der Waals surface area contributed by atoms with E-state index in [0.717, 1.165) is 13.0 Å². The van der Waals surface area contributed by atoms with Gasteiger partial charge in [-0.05, 0) is 44.1 Å². The molecule has 0 radical (unpaired) electrons. The van der Waals surface area contributed by atoms with Gasteiger partial charge in [-0.3, -0.25) is 0 Å². The molecule has 2 nitrogen and oxygen atoms in total. The Hall–Kier alpha value is -0.380. The lowest BCUT2D eigenvalue weighted by atomic mass is 9.78. The summed E-state index contributed by atoms with van der Waals surface area (Å²) in [5.74, 6) is 0. The summed E-state index contributed by atoms with van der Waals surface area (Å²) in [7, 11) is 0. The zero-order chi connectivity index (χ0) is 13.1. The van der Waals surface area contributed by atoms with Crippen LogP contribution in [0, 0.1) is 0 Å². The fraction of sp³-hybridized carbons (Fsp3) is 0.750. The van der Waals surface area contributed by atoms with Gasteiger partial charge in [0, 0.05) is 23.6 Å². The zero-order valence-electron chi connectivity index (χ0n) is 11.9. The quantitative estimate of drug-likeness (QED) is 0.891. The predicted octanol–water partition coefficient (Wildman–Crippen LogP) is 4.28. The Balaban J connectivity index is 1.59. The molecule has 0 aromatic carbocycles. The molecule has 2 atom stereocenters. The highest BCUT2D eigenvalue weighted by atomic mass is 32.1. The third-order valence-corrected chi connectivity index (χ3v) is 5.77. The summed E-state index contributed by atoms with van der Waals surface area (Å²) in [6, 6.07) is 5.48. The van der Waals surface area contributed by atoms with E-state index < -0.39 is 0 Å². The third kappa shape index (κ3) is 3.21. The van der Waals surface area contributed by atoms with E-state index in [1.165, 1.54) is 43.4 Å². The Morgan fingerprint density at radius 2 is 2.21 bits per heavy atom. The van der Waals surface area contributed by atoms with Gasteiger partial charge in [0.25, 0.3) is 0 Å². The highest BCUT2D eigenvalue weighted by molar-refractivity contribution is 7.10. The highest BCUT2D eigenvalue weighted by Gasteiger charge is 2.38. The lowest BCUT2D eigenvalue weighted by Gasteiger charge is -2.44. The molecule has 1 aromatic rings. The van der Waals surface area contributed by atoms with E-state index in [0.29, 0.717) is 12.1 Å². The number of nitrogens with one attached hydrogen (secondary N) is 1. The van der Waals surface area contributed by atoms with E-state index in [4.69, 9.17) is 4.74 Å². The smallest absolute Gasteiger partial charge is 0.0697 e. The van der Waals surface area contributed by atoms with Gasteiger partial charge in [0.1, 0.15) is 0 Å². The van der Waals surface area contributed by atoms with Crippen LogP contribution in [0.1, 0.15) is 62.8 Å². The van der Waals surface area contributed by atoms with Crippen LogP contribution >= 0.6 is 11.3 Å². The fourth-order valence-corrected chi connectivity index (χ4v) is 4.43. The molecule has 1 aliphatic heterocycles. The molecule has 3 heteroatoms. The molecule has 1 aliphatic carbocycles. The molecule has 106 valence electrons. The minimum Gasteiger partial charge on any atom is -0.375 e. The average molecular weight is 279 g/mol. The third-order valence-electron chi connectivity index (χ3n) is 4.71. The second-order valence-corrected chi connectivity index (χ2v) is 7.16. The van der Waals surface area contributed by atoms with Gasteiger partial charge < -0.3 is 10.1 Å². The highest BCUT2D eigenvalue weighted by Crippen LogP contribution is 2.39. The maximum absolute atomic E-state index is 6.17. The molecule has 1 saturated carbocycles. The largest absolute Gasteiger partial charge is 0.375 e. The molecule has 3 rings (SSSR count). The van der Waals surface area contributed by atoms with Crippen LogP contribution in [0.4, 0.5) is 0 Å². The molecule has 2 aliphatic rings. The van der Waals surface area contributed by atoms with Crippen LogP contribution in [0.2, 0.25) is 0 Å². The Bertz CT molecular complexity index is 378. The summed E-state index contributed by atoms with van der Waals surface area (Å²) in [6.07, 6.45) is 9.03. The average Bonchev–Trinajstić information content (AvgIpc) is 2.93. The van der Waals surface area contributed by atoms with E-state index in [2.05, 4.69) is 29.8 Å². The number of hydrogen-bond acceptors (Lipinski definition) is 3. The van der Waals surface area contributed by atoms with Crippen molar-refractivity contribution in [1.29, 1.82) is 0 Å². The molecule has 0 bridgehead atoms. The molecular weight excluding hydrogens is 254 g/mol. The first-order chi connectivity index (χ1) is 9.27. The fourth-order valence-electron chi connectivity index (χ4n) is 3.69. The van der Waals surface area contributed by atoms with Crippen molar-refractivity contribution in [2.75, 3.05) is 6.61 Å². The molecule has 1 unspecified atom stereocenters. The van der Waals surface area contributed by atoms with Crippen molar-refractivity contribution in [2.45, 2.75) is 69.6 Å². The van der Waals surface area contributed by atoms with Crippen molar-refractivity contribution in [2.24, 2.45) is 0 Å². The van der Waals surface area contributed by atoms with Gasteiger partial charge >= 0.3 is 0 Å². The van der Waals surface area contributed by atoms with Crippen LogP contribution in [-0.4, -0.2) is 18.2 Å². The first-order valence-electron chi connectivity index (χ1n) is 7.71. The van der Waals surface area contributed by atoms with Gasteiger partial charge in [0.05, 0.1) is 5.60 Å². The predicted molar refractivity (Wildman–Crippen MR) is 80.7 cm³/mol. The molecule has 1 spiro atoms. The van der Waals surface area contributed by atoms with Crippen LogP contribution in [0.3, 0.4) is 0 Å². The van der Waals surface area contributed by atoms with Crippen LogP contribution in [0.15, 0.2) is 17.5 Å². The minimum atomic E-state index is 0.212. The lowest BCUT2D eigenvalue weighted by Crippen LogP contribution is -2.48. The SMILES string of the molecule is C[C@@H](NC1CCOC2(CCCCC2)C1)c1cccs1. The van der Waals surface area contributed by atoms with Crippen molar-refractivity contribution in [3.8, 4) is 0 Å². The second-order valence-electron chi connectivity index (χ2n) is 6.19. The molecule has 1 N–H and O–H groups in total. The van der Waals surface area contributed by atoms with Crippen molar-refractivity contribution in [3.63, 3.8) is 0 Å². The van der Waals surface area contributed by atoms with Gasteiger partial charge in [0.2, 0.25) is 0 Å². The first kappa shape index (κ1) is 13.6. The molecule has 19 heavy (non-hydrogen) atoms. The molecule has 0 amide bonds. The summed E-state index contributed by atoms with van der Waals surface area (Å²) < 4.78 is 6.17. The molecule has 1 saturated heterocycles. The van der Waals surface area contributed by atoms with Crippen LogP contribution in [-0.2, 0) is 4.74 Å². The Morgan fingerprint density at radius 1 is 1.37 bits per heavy atom. The van der Waals surface area contributed by atoms with Gasteiger partial charge in [0.15, 0.2) is 0 Å². The summed E-state index contributed by atoms with van der Waals surface area (Å²) in [5.41, 5.74) is 0.212. The van der Waals surface area contributed by atoms with E-state index in [1.807, 2.05) is 11.3 Å². The minimum absolute atomic E-state index is 0.212. The summed E-state index contributed by atoms with van der Waals surface area (Å²) in [4.78, 5) is 1.45. The van der Waals surface area contributed by atoms with Crippen molar-refractivity contribution >= 4 is 11.3 Å².